The minimum atomic E-state index is -4.24. The van der Waals surface area contributed by atoms with Gasteiger partial charge in [-0.1, -0.05) is 23.7 Å². The number of ether oxygens (including phenoxy) is 4. The molecule has 1 saturated heterocycles. The van der Waals surface area contributed by atoms with Gasteiger partial charge in [0.25, 0.3) is 15.9 Å². The maximum Gasteiger partial charge on any atom is 0.410 e. The van der Waals surface area contributed by atoms with Crippen LogP contribution in [0.25, 0.3) is 0 Å². The third-order valence-electron chi connectivity index (χ3n) is 11.0. The molecule has 1 spiro atoms. The molecule has 2 aromatic rings. The van der Waals surface area contributed by atoms with E-state index in [0.29, 0.717) is 49.2 Å². The summed E-state index contributed by atoms with van der Waals surface area (Å²) in [5.41, 5.74) is 1.24. The molecule has 2 aromatic carbocycles. The van der Waals surface area contributed by atoms with Gasteiger partial charge in [0.1, 0.15) is 17.5 Å². The number of halogens is 1. The van der Waals surface area contributed by atoms with Crippen molar-refractivity contribution in [2.45, 2.75) is 74.1 Å². The number of nitrogens with zero attached hydrogens (tertiary/aromatic N) is 2. The van der Waals surface area contributed by atoms with Crippen molar-refractivity contribution in [2.24, 2.45) is 11.8 Å². The van der Waals surface area contributed by atoms with Crippen molar-refractivity contribution in [1.82, 2.24) is 9.62 Å². The van der Waals surface area contributed by atoms with Gasteiger partial charge in [0.2, 0.25) is 0 Å². The monoisotopic (exact) mass is 713 g/mol. The maximum absolute atomic E-state index is 13.6. The number of carbonyl (C=O) groups is 2. The van der Waals surface area contributed by atoms with Crippen molar-refractivity contribution in [1.29, 1.82) is 0 Å². The van der Waals surface area contributed by atoms with Gasteiger partial charge < -0.3 is 28.7 Å². The van der Waals surface area contributed by atoms with E-state index in [0.717, 1.165) is 32.1 Å². The number of hydrogen-bond donors (Lipinski definition) is 1. The lowest BCUT2D eigenvalue weighted by Crippen LogP contribution is -2.56. The molecule has 11 nitrogen and oxygen atoms in total. The van der Waals surface area contributed by atoms with Gasteiger partial charge in [-0.3, -0.25) is 4.79 Å². The molecule has 4 atom stereocenters. The first-order valence-corrected chi connectivity index (χ1v) is 18.9. The molecule has 0 aromatic heterocycles. The van der Waals surface area contributed by atoms with Gasteiger partial charge >= 0.3 is 6.09 Å². The number of rotatable bonds is 2. The number of fused-ring (bicyclic) bond motifs is 4. The van der Waals surface area contributed by atoms with Crippen LogP contribution >= 0.6 is 11.6 Å². The molecule has 1 N–H and O–H groups in total. The molecule has 2 fully saturated rings. The van der Waals surface area contributed by atoms with Crippen LogP contribution in [-0.4, -0.2) is 89.6 Å². The van der Waals surface area contributed by atoms with E-state index in [4.69, 9.17) is 30.5 Å². The molecule has 5 aliphatic rings. The number of aryl methyl sites for hydroxylation is 1. The lowest BCUT2D eigenvalue weighted by molar-refractivity contribution is -0.139. The Bertz CT molecular complexity index is 1760. The first kappa shape index (κ1) is 34.1. The smallest absolute Gasteiger partial charge is 0.410 e. The van der Waals surface area contributed by atoms with Crippen LogP contribution in [-0.2, 0) is 40.9 Å². The Morgan fingerprint density at radius 2 is 1.92 bits per heavy atom. The van der Waals surface area contributed by atoms with Crippen LogP contribution in [0.2, 0.25) is 5.02 Å². The Hall–Kier alpha value is -3.32. The van der Waals surface area contributed by atoms with E-state index in [1.165, 1.54) is 31.0 Å². The lowest BCUT2D eigenvalue weighted by Gasteiger charge is -2.46. The number of methoxy groups -OCH3 is 1. The molecule has 49 heavy (non-hydrogen) atoms. The SMILES string of the molecule is COC1CN(C(=O)O[C@H]2/C=C\COC(C)(C)C(=O)NS(=O)(=O)c3ccc4c(c3)N(C[C@@H]3CC[C@H]32)C[C@@]2(CCCc3cc(Cl)ccc32)CO4)C1. The van der Waals surface area contributed by atoms with Crippen molar-refractivity contribution in [2.75, 3.05) is 51.4 Å². The van der Waals surface area contributed by atoms with Crippen LogP contribution in [0.15, 0.2) is 53.4 Å². The predicted octanol–water partition coefficient (Wildman–Crippen LogP) is 4.85. The summed E-state index contributed by atoms with van der Waals surface area (Å²) >= 11 is 6.43. The summed E-state index contributed by atoms with van der Waals surface area (Å²) in [5, 5.41) is 0.700. The van der Waals surface area contributed by atoms with E-state index in [-0.39, 0.29) is 41.0 Å². The molecule has 2 bridgehead atoms. The second kappa shape index (κ2) is 13.1. The number of nitrogens with one attached hydrogen (secondary N) is 1. The number of amides is 2. The van der Waals surface area contributed by atoms with Crippen molar-refractivity contribution in [3.05, 3.63) is 64.7 Å². The number of benzene rings is 2. The first-order chi connectivity index (χ1) is 23.4. The maximum atomic E-state index is 13.6. The van der Waals surface area contributed by atoms with Gasteiger partial charge in [-0.2, -0.15) is 0 Å². The molecule has 0 radical (unpaired) electrons. The fourth-order valence-corrected chi connectivity index (χ4v) is 9.13. The van der Waals surface area contributed by atoms with E-state index in [1.807, 2.05) is 18.2 Å². The van der Waals surface area contributed by atoms with Crippen LogP contribution in [0, 0.1) is 11.8 Å². The highest BCUT2D eigenvalue weighted by Gasteiger charge is 2.46. The fourth-order valence-electron chi connectivity index (χ4n) is 7.81. The summed E-state index contributed by atoms with van der Waals surface area (Å²) in [6.07, 6.45) is 7.29. The van der Waals surface area contributed by atoms with Crippen LogP contribution in [0.5, 0.6) is 5.75 Å². The average molecular weight is 714 g/mol. The summed E-state index contributed by atoms with van der Waals surface area (Å²) in [7, 11) is -2.61. The highest BCUT2D eigenvalue weighted by Crippen LogP contribution is 2.47. The second-order valence-corrected chi connectivity index (χ2v) is 16.6. The highest BCUT2D eigenvalue weighted by atomic mass is 35.5. The summed E-state index contributed by atoms with van der Waals surface area (Å²) in [6, 6.07) is 10.9. The van der Waals surface area contributed by atoms with Gasteiger partial charge in [0.15, 0.2) is 0 Å². The van der Waals surface area contributed by atoms with E-state index in [2.05, 4.69) is 15.7 Å². The topological polar surface area (TPSA) is 124 Å². The zero-order valence-corrected chi connectivity index (χ0v) is 29.7. The largest absolute Gasteiger partial charge is 0.490 e. The van der Waals surface area contributed by atoms with Gasteiger partial charge in [0.05, 0.1) is 43.0 Å². The molecule has 0 unspecified atom stereocenters. The molecule has 3 aliphatic heterocycles. The molecular formula is C36H44ClN3O8S. The summed E-state index contributed by atoms with van der Waals surface area (Å²) in [5.74, 6) is -0.0406. The Morgan fingerprint density at radius 1 is 1.10 bits per heavy atom. The van der Waals surface area contributed by atoms with Crippen molar-refractivity contribution < 1.29 is 37.0 Å². The van der Waals surface area contributed by atoms with Gasteiger partial charge in [-0.25, -0.2) is 17.9 Å². The summed E-state index contributed by atoms with van der Waals surface area (Å²) in [6.45, 7) is 5.65. The third-order valence-corrected chi connectivity index (χ3v) is 12.6. The highest BCUT2D eigenvalue weighted by molar-refractivity contribution is 7.90. The molecule has 2 aliphatic carbocycles. The van der Waals surface area contributed by atoms with E-state index < -0.39 is 27.6 Å². The Labute approximate surface area is 292 Å². The molecule has 3 heterocycles. The number of likely N-dealkylation sites (tertiary alicyclic amines) is 1. The minimum Gasteiger partial charge on any atom is -0.490 e. The van der Waals surface area contributed by atoms with Gasteiger partial charge in [-0.05, 0) is 99.4 Å². The zero-order chi connectivity index (χ0) is 34.6. The molecular weight excluding hydrogens is 670 g/mol. The minimum absolute atomic E-state index is 0.00521. The standard InChI is InChI=1S/C36H44ClN3O8S/c1-35(2)33(41)38-49(43,44)27-10-13-32-30(17-27)40(21-36(22-46-32)14-4-6-23-16-25(37)9-12-29(23)36)18-24-8-11-28(24)31(7-5-15-47-35)48-34(42)39-19-26(20-39)45-3/h5,7,9-10,12-13,16-17,24,26,28,31H,4,6,8,11,14-15,18-22H2,1-3H3,(H,38,41)/b7-5-/t24-,28+,31-,36-/m0/s1. The van der Waals surface area contributed by atoms with Crippen molar-refractivity contribution in [3.63, 3.8) is 0 Å². The zero-order valence-electron chi connectivity index (χ0n) is 28.2. The molecule has 13 heteroatoms. The quantitative estimate of drug-likeness (QED) is 0.436. The van der Waals surface area contributed by atoms with Gasteiger partial charge in [-0.15, -0.1) is 0 Å². The van der Waals surface area contributed by atoms with Crippen LogP contribution < -0.4 is 14.4 Å². The molecule has 7 rings (SSSR count). The fraction of sp³-hybridized carbons (Fsp3) is 0.556. The van der Waals surface area contributed by atoms with Crippen LogP contribution in [0.3, 0.4) is 0 Å². The van der Waals surface area contributed by atoms with E-state index >= 15 is 0 Å². The first-order valence-electron chi connectivity index (χ1n) is 17.0. The van der Waals surface area contributed by atoms with Gasteiger partial charge in [0, 0.05) is 36.6 Å². The summed E-state index contributed by atoms with van der Waals surface area (Å²) in [4.78, 5) is 30.3. The summed E-state index contributed by atoms with van der Waals surface area (Å²) < 4.78 is 53.4. The Balaban J connectivity index is 1.27. The molecule has 2 amide bonds. The second-order valence-electron chi connectivity index (χ2n) is 14.5. The Morgan fingerprint density at radius 3 is 2.67 bits per heavy atom. The van der Waals surface area contributed by atoms with Crippen LogP contribution in [0.4, 0.5) is 10.5 Å². The third kappa shape index (κ3) is 6.64. The molecule has 1 saturated carbocycles. The average Bonchev–Trinajstić information content (AvgIpc) is 3.17. The normalized spacial score (nSPS) is 30.0. The number of carbonyl (C=O) groups excluding carboxylic acids is 2. The van der Waals surface area contributed by atoms with E-state index in [9.17, 15) is 18.0 Å². The molecule has 264 valence electrons. The Kier molecular flexibility index (Phi) is 9.13. The number of sulfonamides is 1. The number of hydrogen-bond acceptors (Lipinski definition) is 9. The van der Waals surface area contributed by atoms with Crippen LogP contribution in [0.1, 0.15) is 50.7 Å². The predicted molar refractivity (Wildman–Crippen MR) is 184 cm³/mol. The lowest BCUT2D eigenvalue weighted by atomic mass is 9.68. The number of anilines is 1. The van der Waals surface area contributed by atoms with E-state index in [1.54, 1.807) is 30.2 Å². The van der Waals surface area contributed by atoms with Crippen molar-refractivity contribution >= 4 is 39.3 Å². The van der Waals surface area contributed by atoms with Crippen molar-refractivity contribution in [3.8, 4) is 5.75 Å².